The van der Waals surface area contributed by atoms with Gasteiger partial charge in [-0.3, -0.25) is 10.2 Å². The molecule has 0 amide bonds. The van der Waals surface area contributed by atoms with Gasteiger partial charge in [0.05, 0.1) is 12.5 Å². The molecule has 0 saturated heterocycles. The average Bonchev–Trinajstić information content (AvgIpc) is 3.16. The van der Waals surface area contributed by atoms with Gasteiger partial charge in [0.2, 0.25) is 0 Å². The fourth-order valence-corrected chi connectivity index (χ4v) is 7.95. The zero-order chi connectivity index (χ0) is 35.5. The van der Waals surface area contributed by atoms with E-state index in [0.29, 0.717) is 11.1 Å². The molecule has 1 atom stereocenters. The van der Waals surface area contributed by atoms with Crippen LogP contribution in [0.2, 0.25) is 0 Å². The zero-order valence-corrected chi connectivity index (χ0v) is 29.8. The number of Topliss-reactive ketones (excluding diaryl/α,β-unsaturated/α-hetero) is 1. The molecule has 0 aliphatic heterocycles. The quantitative estimate of drug-likeness (QED) is 0.0557. The topological polar surface area (TPSA) is 60.6 Å². The van der Waals surface area contributed by atoms with E-state index >= 15 is 0 Å². The Morgan fingerprint density at radius 2 is 1.33 bits per heavy atom. The van der Waals surface area contributed by atoms with Crippen LogP contribution in [0.4, 0.5) is 11.4 Å². The predicted molar refractivity (Wildman–Crippen MR) is 216 cm³/mol. The molecule has 0 heterocycles. The molecule has 7 rings (SSSR count). The molecule has 51 heavy (non-hydrogen) atoms. The number of ketones is 1. The third-order valence-corrected chi connectivity index (χ3v) is 10.6. The SMILES string of the molecule is [C-]#[N+]C(=C=N)C1=C(c2ccc(NC)c3cc4ccccc4cc23)C(=O)C1c1ccc(N(CCCCC)CCCCC)c2cc3ccccc3cc12. The summed E-state index contributed by atoms with van der Waals surface area (Å²) in [4.78, 5) is 21.1. The Balaban J connectivity index is 1.46. The van der Waals surface area contributed by atoms with Crippen LogP contribution in [0.25, 0.3) is 53.5 Å². The van der Waals surface area contributed by atoms with Gasteiger partial charge in [-0.25, -0.2) is 4.85 Å². The second-order valence-electron chi connectivity index (χ2n) is 13.6. The van der Waals surface area contributed by atoms with E-state index in [0.717, 1.165) is 85.8 Å². The lowest BCUT2D eigenvalue weighted by molar-refractivity contribution is -0.115. The molecule has 0 saturated carbocycles. The van der Waals surface area contributed by atoms with E-state index in [4.69, 9.17) is 12.0 Å². The highest BCUT2D eigenvalue weighted by Gasteiger charge is 2.44. The Kier molecular flexibility index (Phi) is 9.71. The summed E-state index contributed by atoms with van der Waals surface area (Å²) in [5, 5.41) is 20.1. The third-order valence-electron chi connectivity index (χ3n) is 10.6. The molecular weight excluding hydrogens is 625 g/mol. The van der Waals surface area contributed by atoms with Crippen LogP contribution in [0.15, 0.2) is 108 Å². The first kappa shape index (κ1) is 33.8. The van der Waals surface area contributed by atoms with Crippen LogP contribution in [0.3, 0.4) is 0 Å². The van der Waals surface area contributed by atoms with E-state index in [2.05, 4.69) is 108 Å². The minimum absolute atomic E-state index is 0.0296. The van der Waals surface area contributed by atoms with Crippen LogP contribution in [0.1, 0.15) is 69.4 Å². The summed E-state index contributed by atoms with van der Waals surface area (Å²) in [7, 11) is 1.90. The van der Waals surface area contributed by atoms with E-state index in [1.807, 2.05) is 31.3 Å². The number of anilines is 2. The van der Waals surface area contributed by atoms with Crippen LogP contribution in [0, 0.1) is 12.0 Å². The minimum atomic E-state index is -0.673. The molecule has 0 bridgehead atoms. The van der Waals surface area contributed by atoms with Crippen molar-refractivity contribution in [3.63, 3.8) is 0 Å². The second-order valence-corrected chi connectivity index (χ2v) is 13.6. The number of nitrogens with zero attached hydrogens (tertiary/aromatic N) is 2. The lowest BCUT2D eigenvalue weighted by atomic mass is 9.67. The summed E-state index contributed by atoms with van der Waals surface area (Å²) < 4.78 is 0. The van der Waals surface area contributed by atoms with Gasteiger partial charge in [-0.15, -0.1) is 0 Å². The van der Waals surface area contributed by atoms with Gasteiger partial charge in [-0.2, -0.15) is 0 Å². The standard InChI is InChI=1S/C46H44N4O/c1-5-7-13-23-50(24-14-8-6-2)42-22-20-35(37-26-31-16-10-12-18-33(31)28-39(37)42)44-45(41(29-47)49-4)43(46(44)51)34-19-21-40(48-3)38-27-32-17-11-9-15-30(32)25-36(34)38/h9-12,15-22,25-28,44,47-48H,5-8,13-14,23-24H2,1-3H3. The number of fused-ring (bicyclic) bond motifs is 4. The maximum absolute atomic E-state index is 14.8. The van der Waals surface area contributed by atoms with Gasteiger partial charge in [0.25, 0.3) is 5.70 Å². The largest absolute Gasteiger partial charge is 0.388 e. The molecular formula is C46H44N4O. The van der Waals surface area contributed by atoms with Crippen LogP contribution in [-0.2, 0) is 4.79 Å². The van der Waals surface area contributed by atoms with E-state index in [1.165, 1.54) is 31.4 Å². The van der Waals surface area contributed by atoms with Crippen molar-refractivity contribution in [3.8, 4) is 0 Å². The summed E-state index contributed by atoms with van der Waals surface area (Å²) in [6.45, 7) is 14.6. The van der Waals surface area contributed by atoms with Crippen molar-refractivity contribution in [2.24, 2.45) is 0 Å². The third kappa shape index (κ3) is 6.07. The van der Waals surface area contributed by atoms with Crippen molar-refractivity contribution in [1.82, 2.24) is 0 Å². The van der Waals surface area contributed by atoms with Gasteiger partial charge >= 0.3 is 0 Å². The van der Waals surface area contributed by atoms with Gasteiger partial charge < -0.3 is 10.2 Å². The fraction of sp³-hybridized carbons (Fsp3) is 0.261. The first-order chi connectivity index (χ1) is 25.0. The molecule has 6 aromatic carbocycles. The number of hydrogen-bond donors (Lipinski definition) is 2. The predicted octanol–water partition coefficient (Wildman–Crippen LogP) is 11.7. The number of carbonyl (C=O) groups is 1. The molecule has 5 heteroatoms. The molecule has 0 spiro atoms. The van der Waals surface area contributed by atoms with E-state index in [1.54, 1.807) is 0 Å². The van der Waals surface area contributed by atoms with Crippen molar-refractivity contribution in [1.29, 1.82) is 5.41 Å². The number of nitrogens with one attached hydrogen (secondary N) is 2. The average molecular weight is 669 g/mol. The van der Waals surface area contributed by atoms with Crippen molar-refractivity contribution < 1.29 is 4.79 Å². The molecule has 0 radical (unpaired) electrons. The molecule has 1 aliphatic rings. The smallest absolute Gasteiger partial charge is 0.251 e. The summed E-state index contributed by atoms with van der Waals surface area (Å²) >= 11 is 0. The Morgan fingerprint density at radius 3 is 1.88 bits per heavy atom. The zero-order valence-electron chi connectivity index (χ0n) is 29.8. The monoisotopic (exact) mass is 668 g/mol. The molecule has 0 aromatic heterocycles. The number of benzene rings is 6. The van der Waals surface area contributed by atoms with E-state index in [-0.39, 0.29) is 11.5 Å². The molecule has 5 nitrogen and oxygen atoms in total. The molecule has 1 aliphatic carbocycles. The number of hydrogen-bond acceptors (Lipinski definition) is 4. The van der Waals surface area contributed by atoms with Crippen molar-refractivity contribution in [2.45, 2.75) is 58.3 Å². The number of rotatable bonds is 13. The van der Waals surface area contributed by atoms with Crippen LogP contribution < -0.4 is 10.2 Å². The van der Waals surface area contributed by atoms with Crippen LogP contribution in [-0.4, -0.2) is 31.8 Å². The Bertz CT molecular complexity index is 2430. The first-order valence-electron chi connectivity index (χ1n) is 18.3. The lowest BCUT2D eigenvalue weighted by Crippen LogP contribution is -2.30. The fourth-order valence-electron chi connectivity index (χ4n) is 7.95. The lowest BCUT2D eigenvalue weighted by Gasteiger charge is -2.34. The maximum atomic E-state index is 14.8. The van der Waals surface area contributed by atoms with Gasteiger partial charge in [0.15, 0.2) is 5.78 Å². The van der Waals surface area contributed by atoms with Crippen molar-refractivity contribution >= 4 is 71.7 Å². The van der Waals surface area contributed by atoms with E-state index in [9.17, 15) is 4.79 Å². The summed E-state index contributed by atoms with van der Waals surface area (Å²) in [5.41, 5.74) is 5.00. The number of allylic oxidation sites excluding steroid dienone is 2. The molecule has 1 unspecified atom stereocenters. The Morgan fingerprint density at radius 1 is 0.765 bits per heavy atom. The molecule has 0 fully saturated rings. The van der Waals surface area contributed by atoms with Crippen molar-refractivity contribution in [3.05, 3.63) is 131 Å². The summed E-state index contributed by atoms with van der Waals surface area (Å²) in [5.74, 6) is 1.72. The minimum Gasteiger partial charge on any atom is -0.388 e. The Labute approximate surface area is 300 Å². The molecule has 6 aromatic rings. The maximum Gasteiger partial charge on any atom is 0.251 e. The highest BCUT2D eigenvalue weighted by Crippen LogP contribution is 2.52. The molecule has 2 N–H and O–H groups in total. The van der Waals surface area contributed by atoms with Gasteiger partial charge in [-0.05, 0) is 104 Å². The normalized spacial score (nSPS) is 14.2. The first-order valence-corrected chi connectivity index (χ1v) is 18.3. The highest BCUT2D eigenvalue weighted by atomic mass is 16.1. The number of carbonyl (C=O) groups excluding carboxylic acids is 1. The van der Waals surface area contributed by atoms with Crippen LogP contribution >= 0.6 is 0 Å². The van der Waals surface area contributed by atoms with Gasteiger partial charge in [-0.1, -0.05) is 100 Å². The second kappa shape index (κ2) is 14.7. The van der Waals surface area contributed by atoms with E-state index < -0.39 is 5.92 Å². The highest BCUT2D eigenvalue weighted by molar-refractivity contribution is 6.37. The van der Waals surface area contributed by atoms with Crippen molar-refractivity contribution in [2.75, 3.05) is 30.4 Å². The van der Waals surface area contributed by atoms with Crippen LogP contribution in [0.5, 0.6) is 0 Å². The summed E-state index contributed by atoms with van der Waals surface area (Å²) in [6, 6.07) is 33.7. The Hall–Kier alpha value is -5.69. The summed E-state index contributed by atoms with van der Waals surface area (Å²) in [6.07, 6.45) is 6.97. The molecule has 254 valence electrons. The number of unbranched alkanes of at least 4 members (excludes halogenated alkanes) is 4. The van der Waals surface area contributed by atoms with Gasteiger partial charge in [0.1, 0.15) is 0 Å². The van der Waals surface area contributed by atoms with Gasteiger partial charge in [0, 0.05) is 47.9 Å².